The number of aryl methyl sites for hydroxylation is 2. The lowest BCUT2D eigenvalue weighted by Crippen LogP contribution is -1.97. The zero-order valence-corrected chi connectivity index (χ0v) is 13.7. The first kappa shape index (κ1) is 14.0. The molecule has 106 valence electrons. The van der Waals surface area contributed by atoms with Crippen LogP contribution in [0, 0.1) is 13.8 Å². The van der Waals surface area contributed by atoms with Gasteiger partial charge in [0, 0.05) is 10.0 Å². The Hall–Kier alpha value is -1.94. The summed E-state index contributed by atoms with van der Waals surface area (Å²) in [5.41, 5.74) is 6.18. The van der Waals surface area contributed by atoms with E-state index in [2.05, 4.69) is 46.9 Å². The Balaban J connectivity index is 2.21. The Labute approximate surface area is 131 Å². The molecule has 0 saturated heterocycles. The maximum absolute atomic E-state index is 11.4. The number of carbonyl (C=O) groups excluding carboxylic acids is 1. The maximum atomic E-state index is 11.4. The smallest absolute Gasteiger partial charge is 0.159 e. The maximum Gasteiger partial charge on any atom is 0.159 e. The second-order valence-electron chi connectivity index (χ2n) is 5.26. The molecule has 0 aliphatic heterocycles. The largest absolute Gasteiger partial charge is 0.298 e. The fraction of sp³-hybridized carbons (Fsp3) is 0.176. The van der Waals surface area contributed by atoms with Gasteiger partial charge in [0.15, 0.2) is 5.78 Å². The predicted molar refractivity (Wildman–Crippen MR) is 88.2 cm³/mol. The Kier molecular flexibility index (Phi) is 3.41. The highest BCUT2D eigenvalue weighted by Crippen LogP contribution is 2.27. The van der Waals surface area contributed by atoms with Crippen molar-refractivity contribution in [1.82, 2.24) is 9.55 Å². The van der Waals surface area contributed by atoms with E-state index in [1.54, 1.807) is 6.92 Å². The van der Waals surface area contributed by atoms with Crippen molar-refractivity contribution < 1.29 is 4.79 Å². The molecule has 0 N–H and O–H groups in total. The average Bonchev–Trinajstić information content (AvgIpc) is 2.82. The Morgan fingerprint density at radius 1 is 1.14 bits per heavy atom. The monoisotopic (exact) mass is 342 g/mol. The number of Topliss-reactive ketones (excluding diaryl/α,β-unsaturated/α-hetero) is 1. The summed E-state index contributed by atoms with van der Waals surface area (Å²) in [7, 11) is 0. The molecule has 21 heavy (non-hydrogen) atoms. The van der Waals surface area contributed by atoms with Crippen LogP contribution in [0.15, 0.2) is 41.1 Å². The molecular formula is C17H15BrN2O. The van der Waals surface area contributed by atoms with E-state index >= 15 is 0 Å². The molecule has 0 amide bonds. The summed E-state index contributed by atoms with van der Waals surface area (Å²) in [5, 5.41) is 0. The van der Waals surface area contributed by atoms with Crippen LogP contribution in [0.25, 0.3) is 16.7 Å². The number of nitrogens with zero attached hydrogens (tertiary/aromatic N) is 2. The fourth-order valence-corrected chi connectivity index (χ4v) is 2.95. The van der Waals surface area contributed by atoms with Crippen LogP contribution in [0.3, 0.4) is 0 Å². The van der Waals surface area contributed by atoms with Crippen molar-refractivity contribution in [3.8, 4) is 5.69 Å². The predicted octanol–water partition coefficient (Wildman–Crippen LogP) is 4.61. The molecule has 0 unspecified atom stereocenters. The lowest BCUT2D eigenvalue weighted by molar-refractivity contribution is 0.101. The molecule has 3 rings (SSSR count). The normalized spacial score (nSPS) is 11.0. The highest BCUT2D eigenvalue weighted by atomic mass is 79.9. The van der Waals surface area contributed by atoms with Gasteiger partial charge in [-0.25, -0.2) is 4.98 Å². The van der Waals surface area contributed by atoms with Crippen LogP contribution >= 0.6 is 15.9 Å². The topological polar surface area (TPSA) is 34.9 Å². The summed E-state index contributed by atoms with van der Waals surface area (Å²) in [5.74, 6) is 0.0595. The van der Waals surface area contributed by atoms with E-state index in [0.717, 1.165) is 21.2 Å². The van der Waals surface area contributed by atoms with Crippen molar-refractivity contribution in [2.75, 3.05) is 0 Å². The highest BCUT2D eigenvalue weighted by Gasteiger charge is 2.10. The van der Waals surface area contributed by atoms with Crippen molar-refractivity contribution in [3.05, 3.63) is 57.8 Å². The minimum Gasteiger partial charge on any atom is -0.298 e. The molecule has 0 aliphatic rings. The number of benzene rings is 2. The van der Waals surface area contributed by atoms with Gasteiger partial charge in [0.1, 0.15) is 6.33 Å². The number of ketones is 1. The Bertz CT molecular complexity index is 865. The number of rotatable bonds is 2. The van der Waals surface area contributed by atoms with Crippen LogP contribution < -0.4 is 0 Å². The van der Waals surface area contributed by atoms with E-state index in [1.807, 2.05) is 29.1 Å². The average molecular weight is 343 g/mol. The third-order valence-corrected chi connectivity index (χ3v) is 4.41. The molecule has 4 heteroatoms. The number of hydrogen-bond acceptors (Lipinski definition) is 2. The van der Waals surface area contributed by atoms with Crippen molar-refractivity contribution >= 4 is 32.7 Å². The van der Waals surface area contributed by atoms with E-state index in [4.69, 9.17) is 0 Å². The molecule has 0 radical (unpaired) electrons. The second-order valence-corrected chi connectivity index (χ2v) is 6.12. The molecule has 0 bridgehead atoms. The number of hydrogen-bond donors (Lipinski definition) is 0. The summed E-state index contributed by atoms with van der Waals surface area (Å²) < 4.78 is 2.92. The summed E-state index contributed by atoms with van der Waals surface area (Å²) in [6, 6.07) is 9.87. The van der Waals surface area contributed by atoms with Crippen molar-refractivity contribution in [2.24, 2.45) is 0 Å². The lowest BCUT2D eigenvalue weighted by Gasteiger charge is -2.09. The van der Waals surface area contributed by atoms with Crippen LogP contribution in [0.4, 0.5) is 0 Å². The molecule has 0 spiro atoms. The standard InChI is InChI=1S/C17H15BrN2O/c1-10-6-15-17(7-11(10)2)20(9-19-15)16-5-4-13(12(3)21)8-14(16)18/h4-9H,1-3H3. The number of imidazole rings is 1. The van der Waals surface area contributed by atoms with E-state index < -0.39 is 0 Å². The molecule has 1 aromatic heterocycles. The highest BCUT2D eigenvalue weighted by molar-refractivity contribution is 9.10. The van der Waals surface area contributed by atoms with E-state index in [0.29, 0.717) is 5.56 Å². The van der Waals surface area contributed by atoms with Gasteiger partial charge in [-0.1, -0.05) is 0 Å². The molecule has 0 aliphatic carbocycles. The number of aromatic nitrogens is 2. The molecule has 0 fully saturated rings. The molecule has 1 heterocycles. The van der Waals surface area contributed by atoms with Crippen LogP contribution in [-0.4, -0.2) is 15.3 Å². The quantitative estimate of drug-likeness (QED) is 0.637. The zero-order valence-electron chi connectivity index (χ0n) is 12.1. The SMILES string of the molecule is CC(=O)c1ccc(-n2cnc3cc(C)c(C)cc32)c(Br)c1. The third kappa shape index (κ3) is 2.40. The van der Waals surface area contributed by atoms with Gasteiger partial charge in [-0.3, -0.25) is 9.36 Å². The third-order valence-electron chi connectivity index (χ3n) is 3.78. The van der Waals surface area contributed by atoms with E-state index in [1.165, 1.54) is 11.1 Å². The summed E-state index contributed by atoms with van der Waals surface area (Å²) >= 11 is 3.55. The minimum atomic E-state index is 0.0595. The Morgan fingerprint density at radius 3 is 2.52 bits per heavy atom. The van der Waals surface area contributed by atoms with E-state index in [-0.39, 0.29) is 5.78 Å². The van der Waals surface area contributed by atoms with Crippen molar-refractivity contribution in [3.63, 3.8) is 0 Å². The van der Waals surface area contributed by atoms with Crippen LogP contribution in [-0.2, 0) is 0 Å². The molecular weight excluding hydrogens is 328 g/mol. The van der Waals surface area contributed by atoms with Crippen LogP contribution in [0.5, 0.6) is 0 Å². The molecule has 2 aromatic carbocycles. The first-order valence-corrected chi connectivity index (χ1v) is 7.52. The van der Waals surface area contributed by atoms with Gasteiger partial charge < -0.3 is 0 Å². The summed E-state index contributed by atoms with van der Waals surface area (Å²) in [6.45, 7) is 5.76. The van der Waals surface area contributed by atoms with Gasteiger partial charge in [0.05, 0.1) is 16.7 Å². The first-order valence-electron chi connectivity index (χ1n) is 6.72. The fourth-order valence-electron chi connectivity index (χ4n) is 2.38. The van der Waals surface area contributed by atoms with Crippen molar-refractivity contribution in [1.29, 1.82) is 0 Å². The van der Waals surface area contributed by atoms with Crippen LogP contribution in [0.2, 0.25) is 0 Å². The molecule has 3 aromatic rings. The first-order chi connectivity index (χ1) is 9.97. The number of carbonyl (C=O) groups is 1. The summed E-state index contributed by atoms with van der Waals surface area (Å²) in [4.78, 5) is 15.9. The molecule has 0 saturated carbocycles. The zero-order chi connectivity index (χ0) is 15.1. The molecule has 0 atom stereocenters. The van der Waals surface area contributed by atoms with Gasteiger partial charge >= 0.3 is 0 Å². The summed E-state index contributed by atoms with van der Waals surface area (Å²) in [6.07, 6.45) is 1.82. The van der Waals surface area contributed by atoms with Gasteiger partial charge in [-0.2, -0.15) is 0 Å². The minimum absolute atomic E-state index is 0.0595. The van der Waals surface area contributed by atoms with E-state index in [9.17, 15) is 4.79 Å². The number of fused-ring (bicyclic) bond motifs is 1. The van der Waals surface area contributed by atoms with Gasteiger partial charge in [-0.15, -0.1) is 0 Å². The lowest BCUT2D eigenvalue weighted by atomic mass is 10.1. The number of halogens is 1. The van der Waals surface area contributed by atoms with Gasteiger partial charge in [0.25, 0.3) is 0 Å². The van der Waals surface area contributed by atoms with Gasteiger partial charge in [0.2, 0.25) is 0 Å². The van der Waals surface area contributed by atoms with Crippen molar-refractivity contribution in [2.45, 2.75) is 20.8 Å². The van der Waals surface area contributed by atoms with Crippen LogP contribution in [0.1, 0.15) is 28.4 Å². The molecule has 3 nitrogen and oxygen atoms in total. The Morgan fingerprint density at radius 2 is 1.86 bits per heavy atom. The van der Waals surface area contributed by atoms with Gasteiger partial charge in [-0.05, 0) is 78.2 Å². The second kappa shape index (κ2) is 5.11.